The molecule has 42 heavy (non-hydrogen) atoms. The second-order valence-corrected chi connectivity index (χ2v) is 14.3. The Morgan fingerprint density at radius 2 is 1.74 bits per heavy atom. The Morgan fingerprint density at radius 1 is 1.10 bits per heavy atom. The number of aromatic nitrogens is 4. The number of unbranched alkanes of at least 4 members (excludes halogenated alkanes) is 3. The van der Waals surface area contributed by atoms with Crippen molar-refractivity contribution in [2.24, 2.45) is 0 Å². The molecule has 0 radical (unpaired) electrons. The van der Waals surface area contributed by atoms with E-state index in [0.717, 1.165) is 25.7 Å². The van der Waals surface area contributed by atoms with E-state index >= 15 is 0 Å². The molecule has 0 aliphatic heterocycles. The van der Waals surface area contributed by atoms with Gasteiger partial charge in [0, 0.05) is 0 Å². The average Bonchev–Trinajstić information content (AvgIpc) is 3.51. The molecule has 0 aromatic carbocycles. The summed E-state index contributed by atoms with van der Waals surface area (Å²) in [7, 11) is -3.86. The molecule has 1 aliphatic carbocycles. The minimum Gasteiger partial charge on any atom is -0.464 e. The zero-order chi connectivity index (χ0) is 31.2. The number of nitrogen functional groups attached to an aromatic ring is 1. The number of carbonyl (C=O) groups excluding carboxylic acids is 2. The van der Waals surface area contributed by atoms with E-state index in [9.17, 15) is 18.5 Å². The van der Waals surface area contributed by atoms with Crippen LogP contribution in [0.5, 0.6) is 0 Å². The van der Waals surface area contributed by atoms with Gasteiger partial charge in [-0.15, -0.1) is 0 Å². The number of nitrogens with two attached hydrogens (primary N) is 1. The van der Waals surface area contributed by atoms with Crippen LogP contribution in [0.3, 0.4) is 0 Å². The van der Waals surface area contributed by atoms with Gasteiger partial charge < -0.3 is 24.5 Å². The summed E-state index contributed by atoms with van der Waals surface area (Å²) in [6.07, 6.45) is 6.42. The molecule has 1 saturated carbocycles. The highest BCUT2D eigenvalue weighted by molar-refractivity contribution is 7.59. The van der Waals surface area contributed by atoms with E-state index < -0.39 is 48.6 Å². The molecule has 15 heteroatoms. The largest absolute Gasteiger partial charge is 0.464 e. The Kier molecular flexibility index (Phi) is 11.1. The standard InChI is InChI=1S/C27H45FN7O6P/c1-7-8-9-10-13-39-23(36)25(3,4)33-42(38,34-26(5,6)24(37)40-15-27(28)11-12-27)18-41-19(2)14-35-17-32-20-21(29)30-16-31-22(20)35/h16-17,19H,7-15,18H2,1-6H3,(H2,29,30,31)(H2,33,34,38)/t19-,42?/m1/s1. The summed E-state index contributed by atoms with van der Waals surface area (Å²) in [6.45, 7) is 10.1. The van der Waals surface area contributed by atoms with E-state index in [2.05, 4.69) is 32.1 Å². The minimum absolute atomic E-state index is 0.241. The van der Waals surface area contributed by atoms with Gasteiger partial charge in [0.05, 0.1) is 25.6 Å². The van der Waals surface area contributed by atoms with Gasteiger partial charge in [0.25, 0.3) is 0 Å². The maximum absolute atomic E-state index is 14.4. The molecule has 2 aromatic heterocycles. The van der Waals surface area contributed by atoms with E-state index in [1.165, 1.54) is 20.2 Å². The van der Waals surface area contributed by atoms with E-state index in [1.807, 2.05) is 0 Å². The van der Waals surface area contributed by atoms with Crippen molar-refractivity contribution in [2.75, 3.05) is 25.3 Å². The van der Waals surface area contributed by atoms with Gasteiger partial charge in [-0.2, -0.15) is 0 Å². The average molecular weight is 614 g/mol. The number of nitrogens with one attached hydrogen (secondary N) is 2. The summed E-state index contributed by atoms with van der Waals surface area (Å²) in [5, 5.41) is 5.71. The summed E-state index contributed by atoms with van der Waals surface area (Å²) >= 11 is 0. The predicted molar refractivity (Wildman–Crippen MR) is 156 cm³/mol. The number of hydrogen-bond donors (Lipinski definition) is 3. The quantitative estimate of drug-likeness (QED) is 0.126. The lowest BCUT2D eigenvalue weighted by molar-refractivity contribution is -0.151. The molecule has 2 aromatic rings. The highest BCUT2D eigenvalue weighted by Crippen LogP contribution is 2.43. The number of alkyl halides is 1. The summed E-state index contributed by atoms with van der Waals surface area (Å²) in [6, 6.07) is 0. The Labute approximate surface area is 246 Å². The zero-order valence-corrected chi connectivity index (χ0v) is 26.3. The van der Waals surface area contributed by atoms with Gasteiger partial charge in [-0.1, -0.05) is 26.2 Å². The fourth-order valence-electron chi connectivity index (χ4n) is 4.21. The van der Waals surface area contributed by atoms with Crippen LogP contribution in [0.4, 0.5) is 10.2 Å². The van der Waals surface area contributed by atoms with Crippen LogP contribution in [0.25, 0.3) is 11.2 Å². The van der Waals surface area contributed by atoms with E-state index in [0.29, 0.717) is 30.6 Å². The van der Waals surface area contributed by atoms with Crippen molar-refractivity contribution in [1.82, 2.24) is 29.7 Å². The number of carbonyl (C=O) groups is 2. The highest BCUT2D eigenvalue weighted by atomic mass is 31.2. The summed E-state index contributed by atoms with van der Waals surface area (Å²) in [4.78, 5) is 38.2. The first-order chi connectivity index (χ1) is 19.6. The lowest BCUT2D eigenvalue weighted by Crippen LogP contribution is -2.54. The normalized spacial score (nSPS) is 17.0. The van der Waals surface area contributed by atoms with E-state index in [-0.39, 0.29) is 19.0 Å². The Balaban J connectivity index is 1.71. The number of ether oxygens (including phenoxy) is 3. The molecule has 1 fully saturated rings. The number of fused-ring (bicyclic) bond motifs is 1. The first-order valence-electron chi connectivity index (χ1n) is 14.3. The fourth-order valence-corrected chi connectivity index (χ4v) is 6.85. The van der Waals surface area contributed by atoms with Crippen LogP contribution in [-0.2, 0) is 34.9 Å². The molecule has 0 spiro atoms. The van der Waals surface area contributed by atoms with Crippen LogP contribution in [0.1, 0.15) is 80.1 Å². The van der Waals surface area contributed by atoms with Crippen LogP contribution in [0.15, 0.2) is 12.7 Å². The molecule has 3 rings (SSSR count). The third-order valence-electron chi connectivity index (χ3n) is 6.85. The summed E-state index contributed by atoms with van der Waals surface area (Å²) in [5.41, 5.74) is 2.45. The first-order valence-corrected chi connectivity index (χ1v) is 16.2. The molecule has 0 saturated heterocycles. The van der Waals surface area contributed by atoms with E-state index in [1.54, 1.807) is 31.7 Å². The molecule has 13 nitrogen and oxygen atoms in total. The molecule has 2 heterocycles. The summed E-state index contributed by atoms with van der Waals surface area (Å²) in [5.74, 6) is -1.12. The number of esters is 2. The van der Waals surface area contributed by atoms with Crippen LogP contribution >= 0.6 is 7.44 Å². The number of anilines is 1. The SMILES string of the molecule is CCCCCCOC(=O)C(C)(C)NP(=O)(CO[C@H](C)Cn1cnc2c(N)ncnc21)NC(C)(C)C(=O)OCC1(F)CC1. The van der Waals surface area contributed by atoms with Gasteiger partial charge in [0.15, 0.2) is 11.5 Å². The van der Waals surface area contributed by atoms with Crippen LogP contribution < -0.4 is 15.9 Å². The molecule has 1 unspecified atom stereocenters. The lowest BCUT2D eigenvalue weighted by atomic mass is 10.1. The smallest absolute Gasteiger partial charge is 0.326 e. The first kappa shape index (κ1) is 33.8. The third-order valence-corrected chi connectivity index (χ3v) is 9.20. The van der Waals surface area contributed by atoms with Gasteiger partial charge in [0.2, 0.25) is 7.44 Å². The molecule has 236 valence electrons. The topological polar surface area (TPSA) is 173 Å². The van der Waals surface area contributed by atoms with Gasteiger partial charge in [-0.3, -0.25) is 14.2 Å². The van der Waals surface area contributed by atoms with Crippen LogP contribution in [0.2, 0.25) is 0 Å². The second-order valence-electron chi connectivity index (χ2n) is 12.1. The molecule has 0 amide bonds. The van der Waals surface area contributed by atoms with Crippen molar-refractivity contribution in [1.29, 1.82) is 0 Å². The Morgan fingerprint density at radius 3 is 2.36 bits per heavy atom. The lowest BCUT2D eigenvalue weighted by Gasteiger charge is -2.35. The van der Waals surface area contributed by atoms with Crippen molar-refractivity contribution >= 4 is 36.4 Å². The van der Waals surface area contributed by atoms with Gasteiger partial charge in [-0.05, 0) is 53.9 Å². The van der Waals surface area contributed by atoms with E-state index in [4.69, 9.17) is 19.9 Å². The predicted octanol–water partition coefficient (Wildman–Crippen LogP) is 3.87. The third kappa shape index (κ3) is 9.42. The number of nitrogens with zero attached hydrogens (tertiary/aromatic N) is 4. The minimum atomic E-state index is -3.86. The van der Waals surface area contributed by atoms with Crippen molar-refractivity contribution in [3.8, 4) is 0 Å². The zero-order valence-electron chi connectivity index (χ0n) is 25.4. The van der Waals surface area contributed by atoms with Crippen LogP contribution in [0, 0.1) is 0 Å². The van der Waals surface area contributed by atoms with Crippen molar-refractivity contribution < 1.29 is 32.8 Å². The van der Waals surface area contributed by atoms with Gasteiger partial charge >= 0.3 is 11.9 Å². The second kappa shape index (κ2) is 13.7. The molecule has 2 atom stereocenters. The monoisotopic (exact) mass is 613 g/mol. The Bertz CT molecular complexity index is 1280. The van der Waals surface area contributed by atoms with Crippen LogP contribution in [-0.4, -0.2) is 73.9 Å². The number of halogens is 1. The maximum atomic E-state index is 14.4. The Hall–Kier alpha value is -2.67. The molecule has 1 aliphatic rings. The number of hydrogen-bond acceptors (Lipinski definition) is 10. The highest BCUT2D eigenvalue weighted by Gasteiger charge is 2.47. The van der Waals surface area contributed by atoms with Gasteiger partial charge in [-0.25, -0.2) is 29.5 Å². The maximum Gasteiger partial charge on any atom is 0.326 e. The van der Waals surface area contributed by atoms with Crippen molar-refractivity contribution in [3.05, 3.63) is 12.7 Å². The van der Waals surface area contributed by atoms with Crippen molar-refractivity contribution in [2.45, 2.75) is 109 Å². The molecular weight excluding hydrogens is 568 g/mol. The number of imidazole rings is 1. The molecule has 4 N–H and O–H groups in total. The number of rotatable bonds is 18. The summed E-state index contributed by atoms with van der Waals surface area (Å²) < 4.78 is 46.8. The fraction of sp³-hybridized carbons (Fsp3) is 0.741. The molecule has 0 bridgehead atoms. The van der Waals surface area contributed by atoms with Gasteiger partial charge in [0.1, 0.15) is 41.5 Å². The van der Waals surface area contributed by atoms with Crippen molar-refractivity contribution in [3.63, 3.8) is 0 Å². The molecular formula is C27H45FN7O6P.